The Labute approximate surface area is 391 Å². The van der Waals surface area contributed by atoms with Crippen LogP contribution < -0.4 is 11.1 Å². The number of nitrogens with one attached hydrogen (secondary N) is 1. The number of carbonyl (C=O) groups excluding carboxylic acids is 1. The zero-order chi connectivity index (χ0) is 44.4. The number of aryl methyl sites for hydroxylation is 2. The number of halogens is 8. The van der Waals surface area contributed by atoms with Gasteiger partial charge in [0.15, 0.2) is 6.29 Å². The molecule has 0 fully saturated rings. The number of aromatic nitrogens is 4. The SMILES string of the molecule is Cc1nc(N)ccc1Cl.Cc1nc(NC(c2cc(Cl)cc(Cl)c2Cl)c2ccc3cccnc3c2O)ccc1Cl.O=Cc1cc(Cl)cc(Cl)c1Cl.Oc1cccc2cccnc12. The first kappa shape index (κ1) is 47.2. The van der Waals surface area contributed by atoms with Crippen LogP contribution in [0.25, 0.3) is 21.8 Å². The molecule has 0 amide bonds. The summed E-state index contributed by atoms with van der Waals surface area (Å²) in [6, 6.07) is 29.0. The number of pyridine rings is 4. The third-order valence-corrected chi connectivity index (χ3v) is 11.4. The Bertz CT molecular complexity index is 2840. The third-order valence-electron chi connectivity index (χ3n) is 8.54. The Morgan fingerprint density at radius 3 is 1.79 bits per heavy atom. The number of para-hydroxylation sites is 1. The van der Waals surface area contributed by atoms with Gasteiger partial charge in [-0.15, -0.1) is 0 Å². The zero-order valence-electron chi connectivity index (χ0n) is 31.8. The van der Waals surface area contributed by atoms with E-state index in [4.69, 9.17) is 98.5 Å². The molecule has 4 heterocycles. The van der Waals surface area contributed by atoms with Crippen LogP contribution in [0.4, 0.5) is 11.6 Å². The zero-order valence-corrected chi connectivity index (χ0v) is 37.9. The predicted molar refractivity (Wildman–Crippen MR) is 253 cm³/mol. The van der Waals surface area contributed by atoms with Gasteiger partial charge in [0.2, 0.25) is 0 Å². The summed E-state index contributed by atoms with van der Waals surface area (Å²) in [4.78, 5) is 27.1. The fraction of sp³-hybridized carbons (Fsp3) is 0.0682. The number of anilines is 2. The highest BCUT2D eigenvalue weighted by molar-refractivity contribution is 6.45. The minimum absolute atomic E-state index is 0.0310. The minimum atomic E-state index is -0.604. The van der Waals surface area contributed by atoms with E-state index in [0.717, 1.165) is 16.5 Å². The predicted octanol–water partition coefficient (Wildman–Crippen LogP) is 14.5. The van der Waals surface area contributed by atoms with Gasteiger partial charge in [-0.3, -0.25) is 14.8 Å². The topological polar surface area (TPSA) is 147 Å². The number of hydrogen-bond donors (Lipinski definition) is 4. The van der Waals surface area contributed by atoms with Gasteiger partial charge in [0.25, 0.3) is 0 Å². The molecular weight excluding hydrogens is 944 g/mol. The first-order valence-electron chi connectivity index (χ1n) is 17.7. The number of nitrogen functional groups attached to an aromatic ring is 1. The fourth-order valence-electron chi connectivity index (χ4n) is 5.57. The number of nitrogens with zero attached hydrogens (tertiary/aromatic N) is 4. The lowest BCUT2D eigenvalue weighted by Gasteiger charge is -2.24. The van der Waals surface area contributed by atoms with Crippen molar-refractivity contribution in [1.29, 1.82) is 0 Å². The van der Waals surface area contributed by atoms with Crippen LogP contribution in [-0.2, 0) is 0 Å². The molecule has 4 aromatic heterocycles. The number of aldehydes is 1. The van der Waals surface area contributed by atoms with Gasteiger partial charge in [0, 0.05) is 49.9 Å². The summed E-state index contributed by atoms with van der Waals surface area (Å²) in [6.07, 6.45) is 3.91. The van der Waals surface area contributed by atoms with Gasteiger partial charge in [0.1, 0.15) is 34.2 Å². The maximum atomic E-state index is 11.0. The number of phenolic OH excluding ortho intramolecular Hbond substituents is 2. The maximum absolute atomic E-state index is 11.0. The van der Waals surface area contributed by atoms with Gasteiger partial charge in [0.05, 0.1) is 47.6 Å². The molecule has 0 aliphatic rings. The number of hydrogen-bond acceptors (Lipinski definition) is 9. The van der Waals surface area contributed by atoms with E-state index in [1.807, 2.05) is 56.3 Å². The summed E-state index contributed by atoms with van der Waals surface area (Å²) in [5.74, 6) is 1.33. The molecule has 0 aliphatic heterocycles. The van der Waals surface area contributed by atoms with Gasteiger partial charge < -0.3 is 21.3 Å². The van der Waals surface area contributed by atoms with Crippen LogP contribution in [-0.4, -0.2) is 36.4 Å². The van der Waals surface area contributed by atoms with E-state index < -0.39 is 6.04 Å². The summed E-state index contributed by atoms with van der Waals surface area (Å²) < 4.78 is 0. The van der Waals surface area contributed by atoms with Gasteiger partial charge in [-0.25, -0.2) is 9.97 Å². The molecule has 1 atom stereocenters. The van der Waals surface area contributed by atoms with E-state index in [2.05, 4.69) is 25.3 Å². The quantitative estimate of drug-likeness (QED) is 0.0977. The van der Waals surface area contributed by atoms with Crippen LogP contribution in [0.1, 0.15) is 38.9 Å². The summed E-state index contributed by atoms with van der Waals surface area (Å²) in [7, 11) is 0. The number of rotatable bonds is 5. The largest absolute Gasteiger partial charge is 0.506 e. The molecule has 1 unspecified atom stereocenters. The van der Waals surface area contributed by atoms with Crippen molar-refractivity contribution in [3.05, 3.63) is 184 Å². The smallest absolute Gasteiger partial charge is 0.151 e. The molecule has 8 rings (SSSR count). The highest BCUT2D eigenvalue weighted by Crippen LogP contribution is 2.42. The number of fused-ring (bicyclic) bond motifs is 2. The maximum Gasteiger partial charge on any atom is 0.151 e. The average molecular weight is 976 g/mol. The summed E-state index contributed by atoms with van der Waals surface area (Å²) in [5.41, 5.74) is 9.39. The highest BCUT2D eigenvalue weighted by Gasteiger charge is 2.24. The van der Waals surface area contributed by atoms with E-state index in [9.17, 15) is 15.0 Å². The molecule has 312 valence electrons. The molecule has 0 saturated heterocycles. The average Bonchev–Trinajstić information content (AvgIpc) is 3.24. The van der Waals surface area contributed by atoms with Gasteiger partial charge in [-0.2, -0.15) is 0 Å². The van der Waals surface area contributed by atoms with Crippen LogP contribution in [0.15, 0.2) is 116 Å². The van der Waals surface area contributed by atoms with E-state index >= 15 is 0 Å². The van der Waals surface area contributed by atoms with Crippen LogP contribution >= 0.6 is 92.8 Å². The molecule has 8 aromatic rings. The lowest BCUT2D eigenvalue weighted by atomic mass is 9.96. The van der Waals surface area contributed by atoms with Crippen molar-refractivity contribution in [2.45, 2.75) is 19.9 Å². The van der Waals surface area contributed by atoms with Gasteiger partial charge in [-0.05, 0) is 80.6 Å². The third kappa shape index (κ3) is 12.4. The fourth-order valence-corrected chi connectivity index (χ4v) is 7.17. The molecule has 61 heavy (non-hydrogen) atoms. The molecule has 5 N–H and O–H groups in total. The second-order valence-corrected chi connectivity index (χ2v) is 16.0. The van der Waals surface area contributed by atoms with Crippen molar-refractivity contribution in [2.24, 2.45) is 0 Å². The molecule has 0 radical (unpaired) electrons. The molecule has 4 aromatic carbocycles. The van der Waals surface area contributed by atoms with E-state index in [0.29, 0.717) is 86.5 Å². The van der Waals surface area contributed by atoms with Crippen molar-refractivity contribution in [3.63, 3.8) is 0 Å². The molecule has 17 heteroatoms. The number of carbonyl (C=O) groups is 1. The first-order valence-corrected chi connectivity index (χ1v) is 20.7. The Hall–Kier alpha value is -4.81. The first-order chi connectivity index (χ1) is 29.1. The summed E-state index contributed by atoms with van der Waals surface area (Å²) >= 11 is 47.7. The number of nitrogens with two attached hydrogens (primary N) is 1. The van der Waals surface area contributed by atoms with Crippen molar-refractivity contribution in [2.75, 3.05) is 11.1 Å². The monoisotopic (exact) mass is 972 g/mol. The number of aromatic hydroxyl groups is 2. The van der Waals surface area contributed by atoms with Crippen LogP contribution in [0.2, 0.25) is 40.2 Å². The van der Waals surface area contributed by atoms with Crippen LogP contribution in [0.3, 0.4) is 0 Å². The molecule has 0 spiro atoms. The Morgan fingerprint density at radius 1 is 0.607 bits per heavy atom. The Balaban J connectivity index is 0.000000184. The van der Waals surface area contributed by atoms with Crippen molar-refractivity contribution in [3.8, 4) is 11.5 Å². The number of phenols is 2. The molecule has 0 saturated carbocycles. The van der Waals surface area contributed by atoms with Crippen molar-refractivity contribution >= 4 is 133 Å². The van der Waals surface area contributed by atoms with E-state index in [1.165, 1.54) is 12.1 Å². The molecule has 0 aliphatic carbocycles. The normalized spacial score (nSPS) is 11.0. The van der Waals surface area contributed by atoms with E-state index in [1.54, 1.807) is 60.9 Å². The lowest BCUT2D eigenvalue weighted by Crippen LogP contribution is -2.15. The molecule has 0 bridgehead atoms. The van der Waals surface area contributed by atoms with Gasteiger partial charge >= 0.3 is 0 Å². The highest BCUT2D eigenvalue weighted by atomic mass is 35.5. The Kier molecular flexibility index (Phi) is 16.9. The second kappa shape index (κ2) is 21.8. The summed E-state index contributed by atoms with van der Waals surface area (Å²) in [6.45, 7) is 3.63. The minimum Gasteiger partial charge on any atom is -0.506 e. The van der Waals surface area contributed by atoms with Gasteiger partial charge in [-0.1, -0.05) is 129 Å². The van der Waals surface area contributed by atoms with Crippen LogP contribution in [0.5, 0.6) is 11.5 Å². The van der Waals surface area contributed by atoms with E-state index in [-0.39, 0.29) is 16.5 Å². The lowest BCUT2D eigenvalue weighted by molar-refractivity contribution is 0.112. The Morgan fingerprint density at radius 2 is 1.18 bits per heavy atom. The standard InChI is InChI=1S/C22H15Cl4N3O.C9H7NO.C7H3Cl3O.C6H7ClN2/c1-11-16(24)6-7-18(28-11)29-21(15-9-13(23)10-17(25)19(15)26)14-5-4-12-3-2-8-27-20(12)22(14)30;11-8-5-1-3-7-4-2-6-10-9(7)8;8-5-1-4(3-11)7(10)6(9)2-5;1-4-5(7)2-3-6(8)9-4/h2-10,21,30H,1H3,(H,28,29);1-6,11H;1-3H;2-3H,1H3,(H2,8,9). The molecule has 9 nitrogen and oxygen atoms in total. The molecular formula is C44H32Cl8N6O3. The summed E-state index contributed by atoms with van der Waals surface area (Å²) in [5, 5.41) is 28.6. The van der Waals surface area contributed by atoms with Crippen molar-refractivity contribution < 1.29 is 15.0 Å². The number of benzene rings is 4. The van der Waals surface area contributed by atoms with Crippen LogP contribution in [0, 0.1) is 13.8 Å². The second-order valence-electron chi connectivity index (χ2n) is 12.8. The van der Waals surface area contributed by atoms with Crippen molar-refractivity contribution in [1.82, 2.24) is 19.9 Å².